The van der Waals surface area contributed by atoms with Crippen molar-refractivity contribution in [2.24, 2.45) is 5.73 Å². The highest BCUT2D eigenvalue weighted by Gasteiger charge is 2.86. The number of nitrogens with two attached hydrogens (primary N) is 1. The average Bonchev–Trinajstić information content (AvgIpc) is 2.49. The standard InChI is InChI=1S/C14H20ClNO9/c1-6(18)11(16)13(23,8(3)20)12(22,7(2)19)10(15,5-17)25-14(11,24)9(4)21/h17,22-24H,5,16H2,1-4H3/t10-,11+,12+,13+,14-/m0/s1. The Morgan fingerprint density at radius 1 is 0.880 bits per heavy atom. The van der Waals surface area contributed by atoms with Crippen molar-refractivity contribution in [2.75, 3.05) is 6.61 Å². The summed E-state index contributed by atoms with van der Waals surface area (Å²) in [5, 5.41) is 39.0. The van der Waals surface area contributed by atoms with Crippen molar-refractivity contribution in [1.29, 1.82) is 0 Å². The molecule has 142 valence electrons. The number of ketones is 4. The lowest BCUT2D eigenvalue weighted by atomic mass is 9.56. The van der Waals surface area contributed by atoms with Gasteiger partial charge in [0.1, 0.15) is 0 Å². The molecule has 0 aromatic heterocycles. The number of Topliss-reactive ketones (excluding diaryl/α,β-unsaturated/α-hetero) is 4. The molecule has 25 heavy (non-hydrogen) atoms. The van der Waals surface area contributed by atoms with Gasteiger partial charge < -0.3 is 30.9 Å². The number of rotatable bonds is 5. The van der Waals surface area contributed by atoms with E-state index in [2.05, 4.69) is 0 Å². The first-order valence-electron chi connectivity index (χ1n) is 7.04. The van der Waals surface area contributed by atoms with Crippen LogP contribution in [0, 0.1) is 0 Å². The highest BCUT2D eigenvalue weighted by Crippen LogP contribution is 2.55. The summed E-state index contributed by atoms with van der Waals surface area (Å²) in [4.78, 5) is 48.6. The molecule has 0 aromatic carbocycles. The van der Waals surface area contributed by atoms with Gasteiger partial charge in [-0.25, -0.2) is 0 Å². The lowest BCUT2D eigenvalue weighted by Gasteiger charge is -2.63. The molecule has 0 unspecified atom stereocenters. The van der Waals surface area contributed by atoms with Crippen LogP contribution in [0.3, 0.4) is 0 Å². The molecule has 1 heterocycles. The average molecular weight is 382 g/mol. The second kappa shape index (κ2) is 5.88. The Balaban J connectivity index is 4.19. The number of aliphatic hydroxyl groups excluding tert-OH is 1. The maximum Gasteiger partial charge on any atom is 0.257 e. The molecule has 10 nitrogen and oxygen atoms in total. The van der Waals surface area contributed by atoms with E-state index >= 15 is 0 Å². The van der Waals surface area contributed by atoms with Gasteiger partial charge in [0.05, 0.1) is 6.61 Å². The number of hydrogen-bond acceptors (Lipinski definition) is 10. The minimum Gasteiger partial charge on any atom is -0.392 e. The molecule has 1 saturated heterocycles. The first-order valence-corrected chi connectivity index (χ1v) is 7.42. The third-order valence-corrected chi connectivity index (χ3v) is 5.20. The summed E-state index contributed by atoms with van der Waals surface area (Å²) in [7, 11) is 0. The molecular weight excluding hydrogens is 362 g/mol. The minimum absolute atomic E-state index is 0.652. The minimum atomic E-state index is -3.61. The number of hydrogen-bond donors (Lipinski definition) is 5. The van der Waals surface area contributed by atoms with Crippen molar-refractivity contribution in [3.63, 3.8) is 0 Å². The van der Waals surface area contributed by atoms with Gasteiger partial charge in [-0.1, -0.05) is 11.6 Å². The van der Waals surface area contributed by atoms with Crippen molar-refractivity contribution in [3.8, 4) is 0 Å². The number of halogens is 1. The Kier molecular flexibility index (Phi) is 5.12. The quantitative estimate of drug-likeness (QED) is 0.310. The summed E-state index contributed by atoms with van der Waals surface area (Å²) < 4.78 is 4.86. The normalized spacial score (nSPS) is 44.2. The molecule has 11 heteroatoms. The third-order valence-electron chi connectivity index (χ3n) is 4.73. The van der Waals surface area contributed by atoms with Crippen LogP contribution in [0.4, 0.5) is 0 Å². The third kappa shape index (κ3) is 2.13. The molecule has 0 aliphatic carbocycles. The number of ether oxygens (including phenoxy) is 1. The Labute approximate surface area is 147 Å². The molecular formula is C14H20ClNO9. The second-order valence-electron chi connectivity index (χ2n) is 6.09. The summed E-state index contributed by atoms with van der Waals surface area (Å²) in [6.45, 7) is 1.30. The first kappa shape index (κ1) is 21.8. The van der Waals surface area contributed by atoms with E-state index in [0.29, 0.717) is 27.7 Å². The van der Waals surface area contributed by atoms with Crippen molar-refractivity contribution in [2.45, 2.75) is 55.3 Å². The maximum absolute atomic E-state index is 12.3. The van der Waals surface area contributed by atoms with Crippen molar-refractivity contribution in [3.05, 3.63) is 0 Å². The number of carbonyl (C=O) groups is 4. The first-order chi connectivity index (χ1) is 11.0. The van der Waals surface area contributed by atoms with E-state index in [1.807, 2.05) is 0 Å². The van der Waals surface area contributed by atoms with Crippen LogP contribution >= 0.6 is 11.6 Å². The zero-order valence-corrected chi connectivity index (χ0v) is 14.7. The van der Waals surface area contributed by atoms with Crippen molar-refractivity contribution >= 4 is 34.7 Å². The molecule has 0 bridgehead atoms. The molecule has 1 fully saturated rings. The molecule has 0 aromatic rings. The predicted octanol–water partition coefficient (Wildman–Crippen LogP) is -2.85. The molecule has 6 N–H and O–H groups in total. The van der Waals surface area contributed by atoms with Crippen molar-refractivity contribution < 1.29 is 44.3 Å². The van der Waals surface area contributed by atoms with Crippen molar-refractivity contribution in [1.82, 2.24) is 0 Å². The summed E-state index contributed by atoms with van der Waals surface area (Å²) in [6.07, 6.45) is 0. The van der Waals surface area contributed by atoms with E-state index < -0.39 is 57.3 Å². The molecule has 0 radical (unpaired) electrons. The van der Waals surface area contributed by atoms with Crippen LogP contribution in [0.15, 0.2) is 0 Å². The highest BCUT2D eigenvalue weighted by atomic mass is 35.5. The Morgan fingerprint density at radius 3 is 1.52 bits per heavy atom. The van der Waals surface area contributed by atoms with Gasteiger partial charge in [0.25, 0.3) is 5.79 Å². The monoisotopic (exact) mass is 381 g/mol. The molecule has 0 spiro atoms. The summed E-state index contributed by atoms with van der Waals surface area (Å²) >= 11 is 5.92. The van der Waals surface area contributed by atoms with Gasteiger partial charge in [-0.15, -0.1) is 0 Å². The van der Waals surface area contributed by atoms with E-state index in [0.717, 1.165) is 0 Å². The van der Waals surface area contributed by atoms with Crippen LogP contribution in [0.5, 0.6) is 0 Å². The lowest BCUT2D eigenvalue weighted by Crippen LogP contribution is -2.95. The largest absolute Gasteiger partial charge is 0.392 e. The van der Waals surface area contributed by atoms with Gasteiger partial charge in [0, 0.05) is 6.92 Å². The zero-order valence-electron chi connectivity index (χ0n) is 14.0. The highest BCUT2D eigenvalue weighted by molar-refractivity contribution is 6.28. The fraction of sp³-hybridized carbons (Fsp3) is 0.714. The van der Waals surface area contributed by atoms with Gasteiger partial charge in [0.2, 0.25) is 10.7 Å². The van der Waals surface area contributed by atoms with E-state index in [-0.39, 0.29) is 0 Å². The zero-order chi connectivity index (χ0) is 20.2. The van der Waals surface area contributed by atoms with E-state index in [9.17, 15) is 39.6 Å². The lowest BCUT2D eigenvalue weighted by molar-refractivity contribution is -0.365. The maximum atomic E-state index is 12.3. The smallest absolute Gasteiger partial charge is 0.257 e. The summed E-state index contributed by atoms with van der Waals surface area (Å²) in [5.74, 6) is -9.04. The predicted molar refractivity (Wildman–Crippen MR) is 81.2 cm³/mol. The Morgan fingerprint density at radius 2 is 1.28 bits per heavy atom. The Bertz CT molecular complexity index is 669. The SMILES string of the molecule is CC(=O)[C@@]1(N)[C@](O)(C(C)=O)[C@@](O)(C(C)=O)[C@](Cl)(CO)O[C@@]1(O)C(C)=O. The van der Waals surface area contributed by atoms with Crippen LogP contribution in [-0.4, -0.2) is 77.8 Å². The second-order valence-corrected chi connectivity index (χ2v) is 6.70. The van der Waals surface area contributed by atoms with Gasteiger partial charge in [0.15, 0.2) is 34.3 Å². The molecule has 0 amide bonds. The fourth-order valence-corrected chi connectivity index (χ4v) is 3.61. The van der Waals surface area contributed by atoms with Crippen LogP contribution < -0.4 is 5.73 Å². The molecule has 1 aliphatic rings. The number of carbonyl (C=O) groups excluding carboxylic acids is 4. The van der Waals surface area contributed by atoms with Crippen LogP contribution in [-0.2, 0) is 23.9 Å². The van der Waals surface area contributed by atoms with Gasteiger partial charge in [-0.05, 0) is 20.8 Å². The van der Waals surface area contributed by atoms with Crippen LogP contribution in [0.1, 0.15) is 27.7 Å². The van der Waals surface area contributed by atoms with E-state index in [1.165, 1.54) is 0 Å². The molecule has 5 atom stereocenters. The summed E-state index contributed by atoms with van der Waals surface area (Å²) in [5.41, 5.74) is -4.62. The van der Waals surface area contributed by atoms with Crippen LogP contribution in [0.25, 0.3) is 0 Å². The van der Waals surface area contributed by atoms with Crippen LogP contribution in [0.2, 0.25) is 0 Å². The number of alkyl halides is 1. The topological polar surface area (TPSA) is 184 Å². The summed E-state index contributed by atoms with van der Waals surface area (Å²) in [6, 6.07) is 0. The van der Waals surface area contributed by atoms with E-state index in [1.54, 1.807) is 0 Å². The number of aliphatic hydroxyl groups is 4. The molecule has 1 rings (SSSR count). The molecule has 1 aliphatic heterocycles. The molecule has 0 saturated carbocycles. The van der Waals surface area contributed by atoms with Gasteiger partial charge >= 0.3 is 0 Å². The van der Waals surface area contributed by atoms with Gasteiger partial charge in [-0.2, -0.15) is 0 Å². The fourth-order valence-electron chi connectivity index (χ4n) is 3.23. The Hall–Kier alpha value is -1.27. The van der Waals surface area contributed by atoms with E-state index in [4.69, 9.17) is 22.1 Å². The van der Waals surface area contributed by atoms with Gasteiger partial charge in [-0.3, -0.25) is 19.2 Å².